The maximum Gasteiger partial charge on any atom is 0.171 e. The lowest BCUT2D eigenvalue weighted by molar-refractivity contribution is 0.258. The van der Waals surface area contributed by atoms with E-state index in [0.717, 1.165) is 39.1 Å². The third-order valence-electron chi connectivity index (χ3n) is 3.70. The van der Waals surface area contributed by atoms with Crippen LogP contribution >= 0.6 is 15.9 Å². The molecule has 0 unspecified atom stereocenters. The van der Waals surface area contributed by atoms with E-state index in [1.54, 1.807) is 12.1 Å². The van der Waals surface area contributed by atoms with Crippen LogP contribution in [0, 0.1) is 5.82 Å². The van der Waals surface area contributed by atoms with Crippen molar-refractivity contribution >= 4 is 27.5 Å². The molecule has 21 heavy (non-hydrogen) atoms. The van der Waals surface area contributed by atoms with E-state index in [2.05, 4.69) is 32.9 Å². The van der Waals surface area contributed by atoms with Crippen LogP contribution in [0.5, 0.6) is 0 Å². The number of benzene rings is 1. The summed E-state index contributed by atoms with van der Waals surface area (Å²) >= 11 is 3.19. The quantitative estimate of drug-likeness (QED) is 0.375. The molecule has 1 aromatic rings. The van der Waals surface area contributed by atoms with Crippen molar-refractivity contribution in [2.24, 2.45) is 10.9 Å². The second-order valence-corrected chi connectivity index (χ2v) is 5.87. The van der Waals surface area contributed by atoms with E-state index in [1.807, 2.05) is 4.90 Å². The van der Waals surface area contributed by atoms with E-state index in [-0.39, 0.29) is 16.1 Å². The molecule has 5 nitrogen and oxygen atoms in total. The second kappa shape index (κ2) is 7.09. The minimum Gasteiger partial charge on any atom is -0.409 e. The van der Waals surface area contributed by atoms with Gasteiger partial charge in [-0.3, -0.25) is 4.90 Å². The molecule has 1 heterocycles. The van der Waals surface area contributed by atoms with Crippen LogP contribution in [0.1, 0.15) is 18.9 Å². The third kappa shape index (κ3) is 3.47. The maximum atomic E-state index is 14.5. The predicted molar refractivity (Wildman–Crippen MR) is 85.6 cm³/mol. The van der Waals surface area contributed by atoms with Gasteiger partial charge in [-0.15, -0.1) is 0 Å². The molecule has 0 spiro atoms. The fourth-order valence-electron chi connectivity index (χ4n) is 2.56. The molecule has 3 N–H and O–H groups in total. The highest BCUT2D eigenvalue weighted by molar-refractivity contribution is 9.10. The van der Waals surface area contributed by atoms with Gasteiger partial charge in [0.25, 0.3) is 0 Å². The Balaban J connectivity index is 2.17. The van der Waals surface area contributed by atoms with Crippen LogP contribution in [0.2, 0.25) is 0 Å². The zero-order valence-corrected chi connectivity index (χ0v) is 13.6. The Morgan fingerprint density at radius 3 is 2.62 bits per heavy atom. The summed E-state index contributed by atoms with van der Waals surface area (Å²) in [6.45, 7) is 6.72. The largest absolute Gasteiger partial charge is 0.409 e. The minimum atomic E-state index is -0.372. The first-order valence-corrected chi connectivity index (χ1v) is 7.81. The van der Waals surface area contributed by atoms with Crippen molar-refractivity contribution in [2.45, 2.75) is 13.3 Å². The molecule has 7 heteroatoms. The van der Waals surface area contributed by atoms with Crippen molar-refractivity contribution in [1.29, 1.82) is 0 Å². The first kappa shape index (κ1) is 16.0. The lowest BCUT2D eigenvalue weighted by Gasteiger charge is -2.36. The van der Waals surface area contributed by atoms with Gasteiger partial charge >= 0.3 is 0 Å². The molecular formula is C14H20BrFN4O. The molecule has 0 bridgehead atoms. The topological polar surface area (TPSA) is 65.1 Å². The van der Waals surface area contributed by atoms with Crippen molar-refractivity contribution in [3.63, 3.8) is 0 Å². The summed E-state index contributed by atoms with van der Waals surface area (Å²) < 4.78 is 14.7. The highest BCUT2D eigenvalue weighted by Crippen LogP contribution is 2.30. The number of nitrogens with zero attached hydrogens (tertiary/aromatic N) is 3. The fourth-order valence-corrected chi connectivity index (χ4v) is 3.10. The fraction of sp³-hybridized carbons (Fsp3) is 0.500. The Kier molecular flexibility index (Phi) is 5.41. The molecule has 0 aliphatic carbocycles. The molecule has 0 aromatic heterocycles. The van der Waals surface area contributed by atoms with Crippen LogP contribution in [0.3, 0.4) is 0 Å². The Morgan fingerprint density at radius 2 is 2.05 bits per heavy atom. The van der Waals surface area contributed by atoms with Crippen LogP contribution in [-0.4, -0.2) is 48.7 Å². The Morgan fingerprint density at radius 1 is 1.38 bits per heavy atom. The number of nitrogens with two attached hydrogens (primary N) is 1. The summed E-state index contributed by atoms with van der Waals surface area (Å²) in [4.78, 5) is 4.41. The first-order chi connectivity index (χ1) is 10.1. The van der Waals surface area contributed by atoms with E-state index in [1.165, 1.54) is 0 Å². The predicted octanol–water partition coefficient (Wildman–Crippen LogP) is 2.21. The standard InChI is InChI=1S/C14H20BrFN4O/c1-2-5-19-6-8-20(9-7-19)11-4-3-10(14(17)18-21)12(15)13(11)16/h3-4,21H,2,5-9H2,1H3,(H2,17,18). The maximum absolute atomic E-state index is 14.5. The number of oxime groups is 1. The normalized spacial score (nSPS) is 17.3. The van der Waals surface area contributed by atoms with Crippen LogP contribution in [0.15, 0.2) is 21.8 Å². The van der Waals surface area contributed by atoms with Crippen LogP contribution in [-0.2, 0) is 0 Å². The van der Waals surface area contributed by atoms with Gasteiger partial charge in [0.15, 0.2) is 11.7 Å². The number of hydrogen-bond donors (Lipinski definition) is 2. The molecule has 1 aromatic carbocycles. The summed E-state index contributed by atoms with van der Waals surface area (Å²) in [6, 6.07) is 3.35. The van der Waals surface area contributed by atoms with Crippen LogP contribution < -0.4 is 10.6 Å². The Bertz CT molecular complexity index is 530. The van der Waals surface area contributed by atoms with Gasteiger partial charge < -0.3 is 15.8 Å². The van der Waals surface area contributed by atoms with Crippen molar-refractivity contribution in [2.75, 3.05) is 37.6 Å². The Hall–Kier alpha value is -1.34. The third-order valence-corrected chi connectivity index (χ3v) is 4.47. The molecule has 1 aliphatic heterocycles. The van der Waals surface area contributed by atoms with E-state index in [4.69, 9.17) is 10.9 Å². The average Bonchev–Trinajstić information content (AvgIpc) is 2.50. The van der Waals surface area contributed by atoms with Crippen molar-refractivity contribution in [1.82, 2.24) is 4.90 Å². The van der Waals surface area contributed by atoms with Crippen molar-refractivity contribution in [3.05, 3.63) is 28.0 Å². The summed E-state index contributed by atoms with van der Waals surface area (Å²) in [6.07, 6.45) is 1.13. The summed E-state index contributed by atoms with van der Waals surface area (Å²) in [5.41, 5.74) is 6.43. The highest BCUT2D eigenvalue weighted by Gasteiger charge is 2.22. The number of rotatable bonds is 4. The lowest BCUT2D eigenvalue weighted by atomic mass is 10.1. The molecule has 1 fully saturated rings. The smallest absolute Gasteiger partial charge is 0.171 e. The van der Waals surface area contributed by atoms with Crippen LogP contribution in [0.25, 0.3) is 0 Å². The van der Waals surface area contributed by atoms with Gasteiger partial charge in [0, 0.05) is 31.7 Å². The van der Waals surface area contributed by atoms with Gasteiger partial charge in [0.1, 0.15) is 0 Å². The zero-order chi connectivity index (χ0) is 15.4. The zero-order valence-electron chi connectivity index (χ0n) is 12.0. The molecular weight excluding hydrogens is 339 g/mol. The number of halogens is 2. The molecule has 116 valence electrons. The molecule has 1 aliphatic rings. The van der Waals surface area contributed by atoms with E-state index in [9.17, 15) is 4.39 Å². The first-order valence-electron chi connectivity index (χ1n) is 7.01. The SMILES string of the molecule is CCCN1CCN(c2ccc(/C(N)=N/O)c(Br)c2F)CC1. The summed E-state index contributed by atoms with van der Waals surface area (Å²) in [7, 11) is 0. The van der Waals surface area contributed by atoms with Gasteiger partial charge in [0.2, 0.25) is 0 Å². The monoisotopic (exact) mass is 358 g/mol. The Labute approximate surface area is 132 Å². The molecule has 2 rings (SSSR count). The van der Waals surface area contributed by atoms with E-state index < -0.39 is 0 Å². The van der Waals surface area contributed by atoms with Gasteiger partial charge in [-0.05, 0) is 41.0 Å². The van der Waals surface area contributed by atoms with Gasteiger partial charge in [-0.2, -0.15) is 0 Å². The number of piperazine rings is 1. The molecule has 0 atom stereocenters. The summed E-state index contributed by atoms with van der Waals surface area (Å²) in [5.74, 6) is -0.483. The van der Waals surface area contributed by atoms with Gasteiger partial charge in [0.05, 0.1) is 10.2 Å². The van der Waals surface area contributed by atoms with Crippen LogP contribution in [0.4, 0.5) is 10.1 Å². The van der Waals surface area contributed by atoms with Gasteiger partial charge in [-0.25, -0.2) is 4.39 Å². The van der Waals surface area contributed by atoms with Crippen molar-refractivity contribution < 1.29 is 9.60 Å². The second-order valence-electron chi connectivity index (χ2n) is 5.07. The number of anilines is 1. The lowest BCUT2D eigenvalue weighted by Crippen LogP contribution is -2.46. The summed E-state index contributed by atoms with van der Waals surface area (Å²) in [5, 5.41) is 11.6. The number of amidine groups is 1. The molecule has 0 amide bonds. The molecule has 1 saturated heterocycles. The van der Waals surface area contributed by atoms with E-state index >= 15 is 0 Å². The van der Waals surface area contributed by atoms with E-state index in [0.29, 0.717) is 11.3 Å². The van der Waals surface area contributed by atoms with Gasteiger partial charge in [-0.1, -0.05) is 12.1 Å². The molecule has 0 saturated carbocycles. The minimum absolute atomic E-state index is 0.111. The average molecular weight is 359 g/mol. The highest BCUT2D eigenvalue weighted by atomic mass is 79.9. The molecule has 0 radical (unpaired) electrons. The van der Waals surface area contributed by atoms with Crippen molar-refractivity contribution in [3.8, 4) is 0 Å². The number of hydrogen-bond acceptors (Lipinski definition) is 4.